The quantitative estimate of drug-likeness (QED) is 0.871. The number of hydrogen-bond acceptors (Lipinski definition) is 2. The van der Waals surface area contributed by atoms with Crippen molar-refractivity contribution >= 4 is 0 Å². The molecule has 1 aromatic heterocycles. The zero-order chi connectivity index (χ0) is 14.2. The van der Waals surface area contributed by atoms with E-state index in [1.165, 1.54) is 16.8 Å². The Morgan fingerprint density at radius 3 is 2.53 bits per heavy atom. The fourth-order valence-corrected chi connectivity index (χ4v) is 2.08. The van der Waals surface area contributed by atoms with Crippen molar-refractivity contribution in [2.75, 3.05) is 0 Å². The zero-order valence-electron chi connectivity index (χ0n) is 11.3. The van der Waals surface area contributed by atoms with Crippen LogP contribution in [-0.2, 0) is 12.0 Å². The molecule has 1 heterocycles. The summed E-state index contributed by atoms with van der Waals surface area (Å²) >= 11 is 0. The van der Waals surface area contributed by atoms with E-state index in [1.807, 2.05) is 20.8 Å². The van der Waals surface area contributed by atoms with Crippen LogP contribution in [0.15, 0.2) is 29.1 Å². The minimum Gasteiger partial charge on any atom is -0.326 e. The molecule has 0 saturated heterocycles. The monoisotopic (exact) mass is 263 g/mol. The van der Waals surface area contributed by atoms with E-state index in [4.69, 9.17) is 5.73 Å². The third-order valence-corrected chi connectivity index (χ3v) is 3.01. The van der Waals surface area contributed by atoms with Crippen molar-refractivity contribution in [3.63, 3.8) is 0 Å². The van der Waals surface area contributed by atoms with Crippen LogP contribution < -0.4 is 11.3 Å². The van der Waals surface area contributed by atoms with Crippen LogP contribution in [0, 0.1) is 5.82 Å². The Morgan fingerprint density at radius 2 is 2.05 bits per heavy atom. The lowest BCUT2D eigenvalue weighted by molar-refractivity contribution is 0.554. The van der Waals surface area contributed by atoms with Crippen LogP contribution in [0.5, 0.6) is 0 Å². The van der Waals surface area contributed by atoms with E-state index in [9.17, 15) is 9.18 Å². The number of hydrogen-bond donors (Lipinski definition) is 2. The van der Waals surface area contributed by atoms with Gasteiger partial charge in [-0.25, -0.2) is 9.07 Å². The van der Waals surface area contributed by atoms with Crippen molar-refractivity contribution in [3.8, 4) is 5.69 Å². The number of H-pyrrole nitrogens is 1. The second-order valence-electron chi connectivity index (χ2n) is 5.54. The normalized spacial score (nSPS) is 11.8. The van der Waals surface area contributed by atoms with Crippen molar-refractivity contribution in [2.45, 2.75) is 32.7 Å². The standard InChI is InChI=1S/C14H18FN3O/c1-14(2,3)12-11(8-16)13(19)18(17-12)10-6-4-5-9(15)7-10/h4-7,17H,8,16H2,1-3H3. The van der Waals surface area contributed by atoms with Crippen LogP contribution in [0.2, 0.25) is 0 Å². The molecule has 0 aliphatic rings. The first-order chi connectivity index (χ1) is 8.84. The Hall–Kier alpha value is -1.88. The van der Waals surface area contributed by atoms with Gasteiger partial charge in [-0.3, -0.25) is 9.89 Å². The summed E-state index contributed by atoms with van der Waals surface area (Å²) in [4.78, 5) is 12.3. The highest BCUT2D eigenvalue weighted by Gasteiger charge is 2.24. The highest BCUT2D eigenvalue weighted by molar-refractivity contribution is 5.35. The molecule has 0 aliphatic carbocycles. The average Bonchev–Trinajstić information content (AvgIpc) is 2.66. The molecule has 102 valence electrons. The molecule has 0 fully saturated rings. The van der Waals surface area contributed by atoms with Gasteiger partial charge in [-0.1, -0.05) is 26.8 Å². The fourth-order valence-electron chi connectivity index (χ4n) is 2.08. The number of nitrogens with one attached hydrogen (secondary N) is 1. The van der Waals surface area contributed by atoms with Crippen molar-refractivity contribution in [1.82, 2.24) is 9.78 Å². The number of nitrogens with zero attached hydrogens (tertiary/aromatic N) is 1. The van der Waals surface area contributed by atoms with E-state index in [-0.39, 0.29) is 23.3 Å². The molecule has 1 aromatic carbocycles. The number of rotatable bonds is 2. The molecular weight excluding hydrogens is 245 g/mol. The topological polar surface area (TPSA) is 63.8 Å². The average molecular weight is 263 g/mol. The Kier molecular flexibility index (Phi) is 3.32. The van der Waals surface area contributed by atoms with Crippen molar-refractivity contribution in [2.24, 2.45) is 5.73 Å². The molecule has 3 N–H and O–H groups in total. The highest BCUT2D eigenvalue weighted by atomic mass is 19.1. The highest BCUT2D eigenvalue weighted by Crippen LogP contribution is 2.23. The SMILES string of the molecule is CC(C)(C)c1[nH]n(-c2cccc(F)c2)c(=O)c1CN. The van der Waals surface area contributed by atoms with Crippen molar-refractivity contribution < 1.29 is 4.39 Å². The Balaban J connectivity index is 2.67. The molecule has 2 aromatic rings. The predicted molar refractivity (Wildman–Crippen MR) is 72.9 cm³/mol. The summed E-state index contributed by atoms with van der Waals surface area (Å²) in [5, 5.41) is 3.04. The number of nitrogens with two attached hydrogens (primary N) is 1. The van der Waals surface area contributed by atoms with Crippen molar-refractivity contribution in [3.05, 3.63) is 51.7 Å². The molecule has 0 radical (unpaired) electrons. The number of halogens is 1. The lowest BCUT2D eigenvalue weighted by Crippen LogP contribution is -2.20. The summed E-state index contributed by atoms with van der Waals surface area (Å²) in [6, 6.07) is 5.89. The largest absolute Gasteiger partial charge is 0.326 e. The molecule has 2 rings (SSSR count). The van der Waals surface area contributed by atoms with Gasteiger partial charge in [-0.05, 0) is 18.2 Å². The van der Waals surface area contributed by atoms with Gasteiger partial charge >= 0.3 is 0 Å². The summed E-state index contributed by atoms with van der Waals surface area (Å²) < 4.78 is 14.6. The molecule has 0 atom stereocenters. The number of benzene rings is 1. The summed E-state index contributed by atoms with van der Waals surface area (Å²) in [7, 11) is 0. The first kappa shape index (κ1) is 13.5. The maximum Gasteiger partial charge on any atom is 0.275 e. The molecule has 5 heteroatoms. The van der Waals surface area contributed by atoms with E-state index in [0.717, 1.165) is 5.69 Å². The van der Waals surface area contributed by atoms with E-state index < -0.39 is 0 Å². The molecule has 0 spiro atoms. The first-order valence-corrected chi connectivity index (χ1v) is 6.15. The van der Waals surface area contributed by atoms with Gasteiger partial charge in [0.1, 0.15) is 5.82 Å². The second-order valence-corrected chi connectivity index (χ2v) is 5.54. The summed E-state index contributed by atoms with van der Waals surface area (Å²) in [5.41, 5.74) is 7.00. The molecule has 0 amide bonds. The second kappa shape index (κ2) is 4.66. The van der Waals surface area contributed by atoms with Gasteiger partial charge in [0.05, 0.1) is 11.3 Å². The molecular formula is C14H18FN3O. The molecule has 4 nitrogen and oxygen atoms in total. The van der Waals surface area contributed by atoms with E-state index in [0.29, 0.717) is 11.3 Å². The van der Waals surface area contributed by atoms with Crippen LogP contribution in [0.3, 0.4) is 0 Å². The van der Waals surface area contributed by atoms with Gasteiger partial charge in [-0.15, -0.1) is 0 Å². The van der Waals surface area contributed by atoms with Crippen LogP contribution in [0.25, 0.3) is 5.69 Å². The fraction of sp³-hybridized carbons (Fsp3) is 0.357. The molecule has 0 aliphatic heterocycles. The third kappa shape index (κ3) is 2.46. The van der Waals surface area contributed by atoms with Gasteiger partial charge in [-0.2, -0.15) is 0 Å². The Bertz CT molecular complexity index is 649. The molecule has 0 bridgehead atoms. The van der Waals surface area contributed by atoms with E-state index >= 15 is 0 Å². The minimum atomic E-state index is -0.384. The summed E-state index contributed by atoms with van der Waals surface area (Å²) in [5.74, 6) is -0.384. The number of aromatic amines is 1. The minimum absolute atomic E-state index is 0.157. The zero-order valence-corrected chi connectivity index (χ0v) is 11.3. The van der Waals surface area contributed by atoms with Gasteiger partial charge in [0, 0.05) is 17.7 Å². The maximum atomic E-state index is 13.3. The van der Waals surface area contributed by atoms with Crippen LogP contribution in [0.4, 0.5) is 4.39 Å². The van der Waals surface area contributed by atoms with Crippen molar-refractivity contribution in [1.29, 1.82) is 0 Å². The van der Waals surface area contributed by atoms with Gasteiger partial charge in [0.15, 0.2) is 0 Å². The van der Waals surface area contributed by atoms with E-state index in [1.54, 1.807) is 12.1 Å². The van der Waals surface area contributed by atoms with Gasteiger partial charge in [0.25, 0.3) is 5.56 Å². The Labute approximate surface area is 111 Å². The lowest BCUT2D eigenvalue weighted by atomic mass is 9.89. The molecule has 0 saturated carbocycles. The van der Waals surface area contributed by atoms with Crippen LogP contribution in [-0.4, -0.2) is 9.78 Å². The van der Waals surface area contributed by atoms with Crippen LogP contribution in [0.1, 0.15) is 32.0 Å². The predicted octanol–water partition coefficient (Wildman–Crippen LogP) is 2.06. The summed E-state index contributed by atoms with van der Waals surface area (Å²) in [6.07, 6.45) is 0. The lowest BCUT2D eigenvalue weighted by Gasteiger charge is -2.17. The van der Waals surface area contributed by atoms with Gasteiger partial charge < -0.3 is 5.73 Å². The maximum absolute atomic E-state index is 13.3. The first-order valence-electron chi connectivity index (χ1n) is 6.15. The summed E-state index contributed by atoms with van der Waals surface area (Å²) in [6.45, 7) is 6.14. The molecule has 19 heavy (non-hydrogen) atoms. The van der Waals surface area contributed by atoms with Crippen LogP contribution >= 0.6 is 0 Å². The third-order valence-electron chi connectivity index (χ3n) is 3.01. The smallest absolute Gasteiger partial charge is 0.275 e. The Morgan fingerprint density at radius 1 is 1.37 bits per heavy atom. The molecule has 0 unspecified atom stereocenters. The van der Waals surface area contributed by atoms with E-state index in [2.05, 4.69) is 5.10 Å². The number of aromatic nitrogens is 2. The van der Waals surface area contributed by atoms with Gasteiger partial charge in [0.2, 0.25) is 0 Å².